The zero-order valence-corrected chi connectivity index (χ0v) is 12.8. The van der Waals surface area contributed by atoms with Crippen molar-refractivity contribution in [3.63, 3.8) is 0 Å². The molecule has 2 fully saturated rings. The van der Waals surface area contributed by atoms with Gasteiger partial charge in [-0.3, -0.25) is 4.79 Å². The van der Waals surface area contributed by atoms with Gasteiger partial charge in [-0.1, -0.05) is 18.2 Å². The lowest BCUT2D eigenvalue weighted by Gasteiger charge is -2.13. The van der Waals surface area contributed by atoms with Crippen LogP contribution in [-0.2, 0) is 0 Å². The number of nitrogens with one attached hydrogen (secondary N) is 1. The van der Waals surface area contributed by atoms with Crippen LogP contribution in [0, 0.1) is 5.82 Å². The first-order valence-electron chi connectivity index (χ1n) is 8.21. The lowest BCUT2D eigenvalue weighted by Crippen LogP contribution is -2.33. The van der Waals surface area contributed by atoms with Gasteiger partial charge in [0.15, 0.2) is 6.39 Å². The van der Waals surface area contributed by atoms with Crippen molar-refractivity contribution in [1.82, 2.24) is 10.3 Å². The highest BCUT2D eigenvalue weighted by atomic mass is 19.1. The molecule has 1 N–H and O–H groups in total. The Hall–Kier alpha value is -2.17. The summed E-state index contributed by atoms with van der Waals surface area (Å²) in [6.07, 6.45) is 6.01. The third kappa shape index (κ3) is 2.87. The molecule has 0 radical (unpaired) electrons. The summed E-state index contributed by atoms with van der Waals surface area (Å²) in [4.78, 5) is 16.6. The predicted octanol–water partition coefficient (Wildman–Crippen LogP) is 3.76. The SMILES string of the molecule is O=C(N[C@H]1CC[C@H](c2ccccc2F)C1)c1ocnc1C1CC1. The van der Waals surface area contributed by atoms with E-state index in [4.69, 9.17) is 4.42 Å². The first-order chi connectivity index (χ1) is 11.2. The Kier molecular flexibility index (Phi) is 3.63. The topological polar surface area (TPSA) is 55.1 Å². The van der Waals surface area contributed by atoms with Gasteiger partial charge in [-0.15, -0.1) is 0 Å². The fourth-order valence-electron chi connectivity index (χ4n) is 3.52. The van der Waals surface area contributed by atoms with E-state index in [9.17, 15) is 9.18 Å². The average molecular weight is 314 g/mol. The van der Waals surface area contributed by atoms with Crippen molar-refractivity contribution in [2.45, 2.75) is 50.0 Å². The summed E-state index contributed by atoms with van der Waals surface area (Å²) in [6, 6.07) is 6.96. The smallest absolute Gasteiger partial charge is 0.289 e. The van der Waals surface area contributed by atoms with E-state index in [0.717, 1.165) is 43.4 Å². The Balaban J connectivity index is 1.41. The predicted molar refractivity (Wildman–Crippen MR) is 82.7 cm³/mol. The number of rotatable bonds is 4. The number of nitrogens with zero attached hydrogens (tertiary/aromatic N) is 1. The molecule has 1 aromatic heterocycles. The minimum atomic E-state index is -0.191. The summed E-state index contributed by atoms with van der Waals surface area (Å²) in [5.41, 5.74) is 1.54. The van der Waals surface area contributed by atoms with Gasteiger partial charge in [-0.05, 0) is 49.7 Å². The van der Waals surface area contributed by atoms with Gasteiger partial charge < -0.3 is 9.73 Å². The number of carbonyl (C=O) groups is 1. The number of aromatic nitrogens is 1. The fourth-order valence-corrected chi connectivity index (χ4v) is 3.52. The molecule has 2 saturated carbocycles. The molecule has 2 aliphatic rings. The molecule has 2 aliphatic carbocycles. The lowest BCUT2D eigenvalue weighted by molar-refractivity contribution is 0.0908. The summed E-state index contributed by atoms with van der Waals surface area (Å²) in [7, 11) is 0. The van der Waals surface area contributed by atoms with E-state index in [1.54, 1.807) is 6.07 Å². The van der Waals surface area contributed by atoms with Crippen LogP contribution in [0.5, 0.6) is 0 Å². The van der Waals surface area contributed by atoms with Crippen LogP contribution < -0.4 is 5.32 Å². The van der Waals surface area contributed by atoms with Crippen LogP contribution in [0.4, 0.5) is 4.39 Å². The molecule has 0 aliphatic heterocycles. The van der Waals surface area contributed by atoms with Gasteiger partial charge in [0, 0.05) is 12.0 Å². The summed E-state index contributed by atoms with van der Waals surface area (Å²) in [5, 5.41) is 3.03. The molecular formula is C18H19FN2O2. The van der Waals surface area contributed by atoms with Crippen molar-refractivity contribution in [2.75, 3.05) is 0 Å². The van der Waals surface area contributed by atoms with Crippen LogP contribution in [0.3, 0.4) is 0 Å². The number of hydrogen-bond donors (Lipinski definition) is 1. The molecule has 0 spiro atoms. The van der Waals surface area contributed by atoms with Crippen LogP contribution >= 0.6 is 0 Å². The molecule has 2 atom stereocenters. The van der Waals surface area contributed by atoms with E-state index < -0.39 is 0 Å². The molecule has 2 aromatic rings. The van der Waals surface area contributed by atoms with Crippen LogP contribution in [0.15, 0.2) is 35.1 Å². The van der Waals surface area contributed by atoms with Crippen LogP contribution in [0.2, 0.25) is 0 Å². The van der Waals surface area contributed by atoms with E-state index >= 15 is 0 Å². The maximum absolute atomic E-state index is 13.9. The van der Waals surface area contributed by atoms with Crippen LogP contribution in [0.25, 0.3) is 0 Å². The third-order valence-electron chi connectivity index (χ3n) is 4.88. The molecule has 0 unspecified atom stereocenters. The highest BCUT2D eigenvalue weighted by Gasteiger charge is 2.34. The molecule has 1 aromatic carbocycles. The fraction of sp³-hybridized carbons (Fsp3) is 0.444. The Labute approximate surface area is 134 Å². The number of benzene rings is 1. The van der Waals surface area contributed by atoms with Crippen molar-refractivity contribution in [3.8, 4) is 0 Å². The standard InChI is InChI=1S/C18H19FN2O2/c19-15-4-2-1-3-14(15)12-7-8-13(9-12)21-18(22)17-16(11-5-6-11)20-10-23-17/h1-4,10-13H,5-9H2,(H,21,22)/t12-,13-/m0/s1. The van der Waals surface area contributed by atoms with Gasteiger partial charge in [0.25, 0.3) is 5.91 Å². The Morgan fingerprint density at radius 3 is 2.74 bits per heavy atom. The largest absolute Gasteiger partial charge is 0.438 e. The van der Waals surface area contributed by atoms with Gasteiger partial charge in [0.1, 0.15) is 5.82 Å². The van der Waals surface area contributed by atoms with Crippen LogP contribution in [0.1, 0.15) is 65.8 Å². The molecule has 0 bridgehead atoms. The monoisotopic (exact) mass is 314 g/mol. The van der Waals surface area contributed by atoms with Crippen molar-refractivity contribution >= 4 is 5.91 Å². The summed E-state index contributed by atoms with van der Waals surface area (Å²) < 4.78 is 19.2. The number of carbonyl (C=O) groups excluding carboxylic acids is 1. The normalized spacial score (nSPS) is 23.9. The summed E-state index contributed by atoms with van der Waals surface area (Å²) in [6.45, 7) is 0. The lowest BCUT2D eigenvalue weighted by atomic mass is 9.97. The van der Waals surface area contributed by atoms with Crippen molar-refractivity contribution in [3.05, 3.63) is 53.5 Å². The number of halogens is 1. The van der Waals surface area contributed by atoms with Gasteiger partial charge in [-0.2, -0.15) is 0 Å². The summed E-state index contributed by atoms with van der Waals surface area (Å²) >= 11 is 0. The van der Waals surface area contributed by atoms with E-state index in [1.165, 1.54) is 12.5 Å². The molecule has 1 heterocycles. The molecular weight excluding hydrogens is 295 g/mol. The van der Waals surface area contributed by atoms with Gasteiger partial charge in [-0.25, -0.2) is 9.37 Å². The number of oxazole rings is 1. The zero-order chi connectivity index (χ0) is 15.8. The molecule has 4 rings (SSSR count). The first-order valence-corrected chi connectivity index (χ1v) is 8.21. The van der Waals surface area contributed by atoms with Gasteiger partial charge in [0.2, 0.25) is 5.76 Å². The van der Waals surface area contributed by atoms with E-state index in [0.29, 0.717) is 11.7 Å². The summed E-state index contributed by atoms with van der Waals surface area (Å²) in [5.74, 6) is 0.546. The second kappa shape index (κ2) is 5.80. The molecule has 23 heavy (non-hydrogen) atoms. The average Bonchev–Trinajstić information content (AvgIpc) is 3.09. The number of hydrogen-bond acceptors (Lipinski definition) is 3. The second-order valence-corrected chi connectivity index (χ2v) is 6.54. The van der Waals surface area contributed by atoms with Gasteiger partial charge in [0.05, 0.1) is 5.69 Å². The highest BCUT2D eigenvalue weighted by Crippen LogP contribution is 2.41. The zero-order valence-electron chi connectivity index (χ0n) is 12.8. The Morgan fingerprint density at radius 2 is 1.96 bits per heavy atom. The van der Waals surface area contributed by atoms with E-state index in [1.807, 2.05) is 12.1 Å². The molecule has 120 valence electrons. The van der Waals surface area contributed by atoms with Crippen molar-refractivity contribution in [1.29, 1.82) is 0 Å². The molecule has 0 saturated heterocycles. The maximum atomic E-state index is 13.9. The highest BCUT2D eigenvalue weighted by molar-refractivity contribution is 5.92. The second-order valence-electron chi connectivity index (χ2n) is 6.54. The van der Waals surface area contributed by atoms with Gasteiger partial charge >= 0.3 is 0 Å². The molecule has 4 nitrogen and oxygen atoms in total. The van der Waals surface area contributed by atoms with Crippen molar-refractivity contribution in [2.24, 2.45) is 0 Å². The quantitative estimate of drug-likeness (QED) is 0.935. The maximum Gasteiger partial charge on any atom is 0.289 e. The first kappa shape index (κ1) is 14.4. The Morgan fingerprint density at radius 1 is 1.17 bits per heavy atom. The van der Waals surface area contributed by atoms with Crippen molar-refractivity contribution < 1.29 is 13.6 Å². The van der Waals surface area contributed by atoms with Crippen LogP contribution in [-0.4, -0.2) is 16.9 Å². The Bertz CT molecular complexity index is 723. The van der Waals surface area contributed by atoms with E-state index in [2.05, 4.69) is 10.3 Å². The number of amides is 1. The molecule has 1 amide bonds. The third-order valence-corrected chi connectivity index (χ3v) is 4.88. The minimum absolute atomic E-state index is 0.0595. The minimum Gasteiger partial charge on any atom is -0.438 e. The van der Waals surface area contributed by atoms with E-state index in [-0.39, 0.29) is 23.7 Å². The molecule has 5 heteroatoms.